The van der Waals surface area contributed by atoms with Crippen molar-refractivity contribution in [2.24, 2.45) is 12.0 Å². The number of anilines is 2. The number of hydrogen-bond acceptors (Lipinski definition) is 6. The smallest absolute Gasteiger partial charge is 0.208 e. The van der Waals surface area contributed by atoms with Crippen molar-refractivity contribution in [3.63, 3.8) is 0 Å². The maximum absolute atomic E-state index is 6.06. The van der Waals surface area contributed by atoms with Crippen LogP contribution in [0.1, 0.15) is 5.69 Å². The first-order chi connectivity index (χ1) is 14.7. The first-order valence-electron chi connectivity index (χ1n) is 9.57. The number of rotatable bonds is 5. The molecule has 8 heteroatoms. The van der Waals surface area contributed by atoms with E-state index in [1.165, 1.54) is 0 Å². The maximum atomic E-state index is 6.06. The second kappa shape index (κ2) is 7.68. The van der Waals surface area contributed by atoms with E-state index in [1.54, 1.807) is 6.20 Å². The largest absolute Gasteiger partial charge is 0.457 e. The summed E-state index contributed by atoms with van der Waals surface area (Å²) in [7, 11) is 1.97. The Labute approximate surface area is 178 Å². The van der Waals surface area contributed by atoms with E-state index in [1.807, 2.05) is 66.2 Å². The minimum Gasteiger partial charge on any atom is -0.457 e. The van der Waals surface area contributed by atoms with Gasteiger partial charge in [-0.2, -0.15) is 0 Å². The Bertz CT molecular complexity index is 1250. The van der Waals surface area contributed by atoms with E-state index in [9.17, 15) is 0 Å². The third-order valence-corrected chi connectivity index (χ3v) is 5.09. The van der Waals surface area contributed by atoms with Gasteiger partial charge in [-0.3, -0.25) is 9.98 Å². The maximum Gasteiger partial charge on any atom is 0.208 e. The van der Waals surface area contributed by atoms with Crippen molar-refractivity contribution in [2.45, 2.75) is 0 Å². The molecule has 0 radical (unpaired) electrons. The number of halogens is 1. The van der Waals surface area contributed by atoms with Crippen LogP contribution < -0.4 is 15.4 Å². The van der Waals surface area contributed by atoms with E-state index in [2.05, 4.69) is 20.6 Å². The number of nitrogens with zero attached hydrogens (tertiary/aromatic N) is 4. The van der Waals surface area contributed by atoms with Gasteiger partial charge in [-0.1, -0.05) is 11.6 Å². The zero-order chi connectivity index (χ0) is 20.5. The SMILES string of the molecule is Cn1c(Nc2ccc(Cl)cc2)nc2cc(Oc3ccnc(C4=NCCN4)c3)ccc21. The van der Waals surface area contributed by atoms with Gasteiger partial charge in [-0.15, -0.1) is 0 Å². The summed E-state index contributed by atoms with van der Waals surface area (Å²) < 4.78 is 8.06. The van der Waals surface area contributed by atoms with Gasteiger partial charge in [0.15, 0.2) is 0 Å². The molecule has 0 unspecified atom stereocenters. The van der Waals surface area contributed by atoms with Gasteiger partial charge in [-0.05, 0) is 42.5 Å². The fourth-order valence-electron chi connectivity index (χ4n) is 3.33. The third kappa shape index (κ3) is 3.67. The second-order valence-electron chi connectivity index (χ2n) is 6.91. The van der Waals surface area contributed by atoms with Gasteiger partial charge in [0.2, 0.25) is 5.95 Å². The summed E-state index contributed by atoms with van der Waals surface area (Å²) in [5.74, 6) is 2.95. The van der Waals surface area contributed by atoms with Crippen molar-refractivity contribution >= 4 is 40.1 Å². The summed E-state index contributed by atoms with van der Waals surface area (Å²) >= 11 is 5.96. The molecule has 2 aromatic carbocycles. The molecule has 2 N–H and O–H groups in total. The number of amidine groups is 1. The van der Waals surface area contributed by atoms with Crippen LogP contribution in [0.5, 0.6) is 11.5 Å². The number of hydrogen-bond donors (Lipinski definition) is 2. The van der Waals surface area contributed by atoms with Gasteiger partial charge < -0.3 is 19.9 Å². The molecular formula is C22H19ClN6O. The quantitative estimate of drug-likeness (QED) is 0.498. The molecule has 0 saturated carbocycles. The van der Waals surface area contributed by atoms with Crippen LogP contribution in [0.15, 0.2) is 65.8 Å². The summed E-state index contributed by atoms with van der Waals surface area (Å²) in [4.78, 5) is 13.5. The molecule has 0 spiro atoms. The lowest BCUT2D eigenvalue weighted by atomic mass is 10.3. The number of pyridine rings is 1. The van der Waals surface area contributed by atoms with Gasteiger partial charge in [0.1, 0.15) is 23.0 Å². The average molecular weight is 419 g/mol. The van der Waals surface area contributed by atoms with Crippen molar-refractivity contribution in [2.75, 3.05) is 18.4 Å². The lowest BCUT2D eigenvalue weighted by Gasteiger charge is -2.08. The number of nitrogens with one attached hydrogen (secondary N) is 2. The second-order valence-corrected chi connectivity index (χ2v) is 7.35. The minimum atomic E-state index is 0.697. The van der Waals surface area contributed by atoms with Crippen molar-refractivity contribution in [3.05, 3.63) is 71.5 Å². The Morgan fingerprint density at radius 2 is 1.90 bits per heavy atom. The Morgan fingerprint density at radius 3 is 2.70 bits per heavy atom. The number of fused-ring (bicyclic) bond motifs is 1. The van der Waals surface area contributed by atoms with E-state index >= 15 is 0 Å². The molecule has 1 aliphatic rings. The molecule has 150 valence electrons. The van der Waals surface area contributed by atoms with Crippen LogP contribution >= 0.6 is 11.6 Å². The van der Waals surface area contributed by atoms with Gasteiger partial charge in [-0.25, -0.2) is 4.98 Å². The van der Waals surface area contributed by atoms with Crippen LogP contribution in [-0.2, 0) is 7.05 Å². The first-order valence-corrected chi connectivity index (χ1v) is 9.95. The summed E-state index contributed by atoms with van der Waals surface area (Å²) in [6.45, 7) is 1.61. The molecule has 1 aliphatic heterocycles. The molecule has 0 aliphatic carbocycles. The molecule has 5 rings (SSSR count). The predicted molar refractivity (Wildman–Crippen MR) is 119 cm³/mol. The Balaban J connectivity index is 1.40. The van der Waals surface area contributed by atoms with E-state index in [0.29, 0.717) is 16.5 Å². The normalized spacial score (nSPS) is 13.2. The summed E-state index contributed by atoms with van der Waals surface area (Å²) in [6, 6.07) is 17.1. The third-order valence-electron chi connectivity index (χ3n) is 4.84. The van der Waals surface area contributed by atoms with Gasteiger partial charge in [0.25, 0.3) is 0 Å². The van der Waals surface area contributed by atoms with Crippen LogP contribution in [0.4, 0.5) is 11.6 Å². The predicted octanol–water partition coefficient (Wildman–Crippen LogP) is 4.51. The van der Waals surface area contributed by atoms with Crippen molar-refractivity contribution < 1.29 is 4.74 Å². The highest BCUT2D eigenvalue weighted by molar-refractivity contribution is 6.30. The number of aryl methyl sites for hydroxylation is 1. The average Bonchev–Trinajstić information content (AvgIpc) is 3.39. The van der Waals surface area contributed by atoms with Crippen LogP contribution in [0.2, 0.25) is 5.02 Å². The molecule has 0 fully saturated rings. The first kappa shape index (κ1) is 18.4. The topological polar surface area (TPSA) is 76.4 Å². The monoisotopic (exact) mass is 418 g/mol. The molecule has 0 bridgehead atoms. The van der Waals surface area contributed by atoms with E-state index in [-0.39, 0.29) is 0 Å². The lowest BCUT2D eigenvalue weighted by molar-refractivity contribution is 0.482. The van der Waals surface area contributed by atoms with Crippen LogP contribution in [0, 0.1) is 0 Å². The zero-order valence-electron chi connectivity index (χ0n) is 16.3. The Morgan fingerprint density at radius 1 is 1.07 bits per heavy atom. The molecule has 0 atom stereocenters. The zero-order valence-corrected chi connectivity index (χ0v) is 17.0. The van der Waals surface area contributed by atoms with E-state index in [4.69, 9.17) is 21.3 Å². The summed E-state index contributed by atoms with van der Waals surface area (Å²) in [6.07, 6.45) is 1.72. The Kier molecular flexibility index (Phi) is 4.72. The van der Waals surface area contributed by atoms with Crippen molar-refractivity contribution in [3.8, 4) is 11.5 Å². The van der Waals surface area contributed by atoms with E-state index in [0.717, 1.165) is 47.3 Å². The van der Waals surface area contributed by atoms with Crippen LogP contribution in [-0.4, -0.2) is 33.5 Å². The highest BCUT2D eigenvalue weighted by Gasteiger charge is 2.12. The molecular weight excluding hydrogens is 400 g/mol. The van der Waals surface area contributed by atoms with Gasteiger partial charge in [0.05, 0.1) is 17.6 Å². The fourth-order valence-corrected chi connectivity index (χ4v) is 3.45. The summed E-state index contributed by atoms with van der Waals surface area (Å²) in [5.41, 5.74) is 3.53. The van der Waals surface area contributed by atoms with E-state index < -0.39 is 0 Å². The minimum absolute atomic E-state index is 0.697. The molecule has 0 amide bonds. The Hall–Kier alpha value is -3.58. The van der Waals surface area contributed by atoms with Crippen LogP contribution in [0.3, 0.4) is 0 Å². The van der Waals surface area contributed by atoms with Gasteiger partial charge >= 0.3 is 0 Å². The van der Waals surface area contributed by atoms with Gasteiger partial charge in [0, 0.05) is 42.6 Å². The molecule has 7 nitrogen and oxygen atoms in total. The highest BCUT2D eigenvalue weighted by Crippen LogP contribution is 2.28. The number of aliphatic imine (C=N–C) groups is 1. The number of aromatic nitrogens is 3. The standard InChI is InChI=1S/C22H19ClN6O/c1-29-20-7-6-16(30-17-8-9-24-19(13-17)21-25-10-11-26-21)12-18(20)28-22(29)27-15-4-2-14(23)3-5-15/h2-9,12-13H,10-11H2,1H3,(H,25,26)(H,27,28). The molecule has 2 aromatic heterocycles. The molecule has 4 aromatic rings. The molecule has 0 saturated heterocycles. The molecule has 3 heterocycles. The van der Waals surface area contributed by atoms with Crippen molar-refractivity contribution in [1.82, 2.24) is 19.9 Å². The summed E-state index contributed by atoms with van der Waals surface area (Å²) in [5, 5.41) is 7.24. The number of ether oxygens (including phenoxy) is 1. The van der Waals surface area contributed by atoms with Crippen molar-refractivity contribution in [1.29, 1.82) is 0 Å². The number of imidazole rings is 1. The molecule has 30 heavy (non-hydrogen) atoms. The number of benzene rings is 2. The lowest BCUT2D eigenvalue weighted by Crippen LogP contribution is -2.20. The fraction of sp³-hybridized carbons (Fsp3) is 0.136. The van der Waals surface area contributed by atoms with Crippen LogP contribution in [0.25, 0.3) is 11.0 Å². The highest BCUT2D eigenvalue weighted by atomic mass is 35.5.